The maximum atomic E-state index is 14.3. The van der Waals surface area contributed by atoms with E-state index in [1.165, 1.54) is 4.90 Å². The molecule has 1 atom stereocenters. The van der Waals surface area contributed by atoms with E-state index in [0.29, 0.717) is 23.1 Å². The molecule has 1 aromatic heterocycles. The largest absolute Gasteiger partial charge is 0.450 e. The fourth-order valence-corrected chi connectivity index (χ4v) is 5.37. The van der Waals surface area contributed by atoms with Gasteiger partial charge in [0.25, 0.3) is 11.8 Å². The SMILES string of the molecule is CCCN1C(=O)C2(c3ccccc31)c1c(oc3ccccc3c1=O)C(=O)N2Cc1ccccc1. The van der Waals surface area contributed by atoms with Gasteiger partial charge in [-0.1, -0.05) is 67.6 Å². The molecule has 2 amide bonds. The number of anilines is 1. The van der Waals surface area contributed by atoms with Crippen LogP contribution in [0.2, 0.25) is 0 Å². The second-order valence-corrected chi connectivity index (χ2v) is 8.69. The molecule has 0 radical (unpaired) electrons. The van der Waals surface area contributed by atoms with Crippen molar-refractivity contribution in [2.75, 3.05) is 11.4 Å². The van der Waals surface area contributed by atoms with Gasteiger partial charge in [0.2, 0.25) is 5.76 Å². The predicted octanol–water partition coefficient (Wildman–Crippen LogP) is 4.45. The van der Waals surface area contributed by atoms with Crippen LogP contribution in [0.25, 0.3) is 11.0 Å². The van der Waals surface area contributed by atoms with Crippen LogP contribution >= 0.6 is 0 Å². The summed E-state index contributed by atoms with van der Waals surface area (Å²) in [6.45, 7) is 2.65. The van der Waals surface area contributed by atoms with Gasteiger partial charge in [0.1, 0.15) is 5.58 Å². The molecule has 3 heterocycles. The molecule has 0 aliphatic carbocycles. The van der Waals surface area contributed by atoms with Crippen molar-refractivity contribution in [3.05, 3.63) is 112 Å². The van der Waals surface area contributed by atoms with Crippen molar-refractivity contribution in [3.8, 4) is 0 Å². The molecule has 0 saturated heterocycles. The zero-order valence-electron chi connectivity index (χ0n) is 18.7. The first kappa shape index (κ1) is 20.4. The number of fused-ring (bicyclic) bond motifs is 5. The minimum Gasteiger partial charge on any atom is -0.450 e. The third-order valence-electron chi connectivity index (χ3n) is 6.77. The molecule has 0 fully saturated rings. The van der Waals surface area contributed by atoms with Gasteiger partial charge >= 0.3 is 0 Å². The van der Waals surface area contributed by atoms with Crippen molar-refractivity contribution < 1.29 is 14.0 Å². The van der Waals surface area contributed by atoms with Crippen LogP contribution in [0.1, 0.15) is 40.6 Å². The van der Waals surface area contributed by atoms with Crippen LogP contribution in [0.5, 0.6) is 0 Å². The molecule has 168 valence electrons. The van der Waals surface area contributed by atoms with E-state index in [4.69, 9.17) is 4.42 Å². The number of carbonyl (C=O) groups excluding carboxylic acids is 2. The molecule has 0 N–H and O–H groups in total. The number of carbonyl (C=O) groups is 2. The molecule has 2 aliphatic heterocycles. The second kappa shape index (κ2) is 7.42. The summed E-state index contributed by atoms with van der Waals surface area (Å²) >= 11 is 0. The summed E-state index contributed by atoms with van der Waals surface area (Å²) in [6.07, 6.45) is 0.738. The first-order valence-corrected chi connectivity index (χ1v) is 11.4. The normalized spacial score (nSPS) is 18.7. The average molecular weight is 450 g/mol. The van der Waals surface area contributed by atoms with E-state index < -0.39 is 11.4 Å². The lowest BCUT2D eigenvalue weighted by molar-refractivity contribution is -0.126. The van der Waals surface area contributed by atoms with Crippen LogP contribution in [0.15, 0.2) is 88.1 Å². The zero-order valence-corrected chi connectivity index (χ0v) is 18.7. The van der Waals surface area contributed by atoms with E-state index in [1.807, 2.05) is 61.5 Å². The summed E-state index contributed by atoms with van der Waals surface area (Å²) in [4.78, 5) is 45.4. The van der Waals surface area contributed by atoms with Gasteiger partial charge in [-0.15, -0.1) is 0 Å². The summed E-state index contributed by atoms with van der Waals surface area (Å²) in [5.41, 5.74) is 0.753. The number of hydrogen-bond acceptors (Lipinski definition) is 4. The highest BCUT2D eigenvalue weighted by Crippen LogP contribution is 2.53. The van der Waals surface area contributed by atoms with E-state index in [1.54, 1.807) is 29.2 Å². The van der Waals surface area contributed by atoms with Crippen molar-refractivity contribution in [1.82, 2.24) is 4.90 Å². The number of nitrogens with zero attached hydrogens (tertiary/aromatic N) is 2. The lowest BCUT2D eigenvalue weighted by atomic mass is 9.83. The summed E-state index contributed by atoms with van der Waals surface area (Å²) in [5, 5.41) is 0.356. The van der Waals surface area contributed by atoms with Crippen LogP contribution in [0, 0.1) is 0 Å². The summed E-state index contributed by atoms with van der Waals surface area (Å²) in [5.74, 6) is -0.800. The minimum atomic E-state index is -1.57. The minimum absolute atomic E-state index is 0.0545. The van der Waals surface area contributed by atoms with E-state index in [9.17, 15) is 14.4 Å². The number of amides is 2. The Kier molecular flexibility index (Phi) is 4.45. The van der Waals surface area contributed by atoms with Crippen LogP contribution in [0.4, 0.5) is 5.69 Å². The van der Waals surface area contributed by atoms with Gasteiger partial charge in [0, 0.05) is 18.7 Å². The molecule has 6 nitrogen and oxygen atoms in total. The lowest BCUT2D eigenvalue weighted by Gasteiger charge is -2.34. The van der Waals surface area contributed by atoms with E-state index >= 15 is 0 Å². The lowest BCUT2D eigenvalue weighted by Crippen LogP contribution is -2.53. The molecule has 0 saturated carbocycles. The smallest absolute Gasteiger partial charge is 0.291 e. The maximum Gasteiger partial charge on any atom is 0.291 e. The Balaban J connectivity index is 1.71. The standard InChI is InChI=1S/C28H22N2O4/c1-2-16-29-21-14-8-7-13-20(21)28(27(29)33)23-24(31)19-12-6-9-15-22(19)34-25(23)26(32)30(28)17-18-10-4-3-5-11-18/h3-15H,2,16-17H2,1H3. The Hall–Kier alpha value is -4.19. The number of para-hydroxylation sites is 2. The van der Waals surface area contributed by atoms with E-state index in [-0.39, 0.29) is 29.2 Å². The van der Waals surface area contributed by atoms with Crippen molar-refractivity contribution in [1.29, 1.82) is 0 Å². The summed E-state index contributed by atoms with van der Waals surface area (Å²) in [7, 11) is 0. The quantitative estimate of drug-likeness (QED) is 0.461. The first-order valence-electron chi connectivity index (χ1n) is 11.4. The number of rotatable bonds is 4. The summed E-state index contributed by atoms with van der Waals surface area (Å²) < 4.78 is 6.05. The maximum absolute atomic E-state index is 14.3. The van der Waals surface area contributed by atoms with E-state index in [2.05, 4.69) is 0 Å². The number of benzene rings is 3. The van der Waals surface area contributed by atoms with Gasteiger partial charge in [0.15, 0.2) is 11.0 Å². The second-order valence-electron chi connectivity index (χ2n) is 8.69. The highest BCUT2D eigenvalue weighted by molar-refractivity contribution is 6.17. The van der Waals surface area contributed by atoms with Crippen LogP contribution < -0.4 is 10.3 Å². The molecule has 2 aliphatic rings. The van der Waals surface area contributed by atoms with Gasteiger partial charge in [-0.25, -0.2) is 0 Å². The first-order chi connectivity index (χ1) is 16.6. The zero-order chi connectivity index (χ0) is 23.4. The third kappa shape index (κ3) is 2.53. The fraction of sp³-hybridized carbons (Fsp3) is 0.179. The molecule has 4 aromatic rings. The van der Waals surface area contributed by atoms with Crippen LogP contribution in [0.3, 0.4) is 0 Å². The van der Waals surface area contributed by atoms with Gasteiger partial charge < -0.3 is 14.2 Å². The fourth-order valence-electron chi connectivity index (χ4n) is 5.37. The number of hydrogen-bond donors (Lipinski definition) is 0. The van der Waals surface area contributed by atoms with E-state index in [0.717, 1.165) is 17.7 Å². The molecule has 1 unspecified atom stereocenters. The Morgan fingerprint density at radius 1 is 0.853 bits per heavy atom. The van der Waals surface area contributed by atoms with Crippen LogP contribution in [-0.2, 0) is 16.9 Å². The van der Waals surface area contributed by atoms with Crippen molar-refractivity contribution in [3.63, 3.8) is 0 Å². The monoisotopic (exact) mass is 450 g/mol. The summed E-state index contributed by atoms with van der Waals surface area (Å²) in [6, 6.07) is 23.8. The van der Waals surface area contributed by atoms with Crippen molar-refractivity contribution in [2.45, 2.75) is 25.4 Å². The van der Waals surface area contributed by atoms with Crippen molar-refractivity contribution >= 4 is 28.5 Å². The average Bonchev–Trinajstić information content (AvgIpc) is 3.25. The molecular formula is C28H22N2O4. The van der Waals surface area contributed by atoms with Gasteiger partial charge in [-0.3, -0.25) is 14.4 Å². The highest BCUT2D eigenvalue weighted by atomic mass is 16.3. The van der Waals surface area contributed by atoms with Gasteiger partial charge in [0.05, 0.1) is 16.6 Å². The van der Waals surface area contributed by atoms with Gasteiger partial charge in [-0.05, 0) is 30.2 Å². The molecular weight excluding hydrogens is 428 g/mol. The molecule has 6 rings (SSSR count). The Bertz CT molecular complexity index is 1520. The molecule has 6 heteroatoms. The highest BCUT2D eigenvalue weighted by Gasteiger charge is 2.64. The van der Waals surface area contributed by atoms with Crippen LogP contribution in [-0.4, -0.2) is 23.3 Å². The molecule has 3 aromatic carbocycles. The third-order valence-corrected chi connectivity index (χ3v) is 6.77. The Labute approximate surface area is 196 Å². The van der Waals surface area contributed by atoms with Crippen molar-refractivity contribution in [2.24, 2.45) is 0 Å². The Morgan fingerprint density at radius 2 is 1.56 bits per heavy atom. The molecule has 34 heavy (non-hydrogen) atoms. The van der Waals surface area contributed by atoms with Gasteiger partial charge in [-0.2, -0.15) is 0 Å². The Morgan fingerprint density at radius 3 is 2.35 bits per heavy atom. The molecule has 0 bridgehead atoms. The topological polar surface area (TPSA) is 70.8 Å². The predicted molar refractivity (Wildman–Crippen MR) is 129 cm³/mol. The molecule has 1 spiro atoms.